The molecule has 1 aromatic carbocycles. The molecule has 3 nitrogen and oxygen atoms in total. The van der Waals surface area contributed by atoms with Crippen molar-refractivity contribution in [3.8, 4) is 0 Å². The molecule has 0 amide bonds. The Labute approximate surface area is 120 Å². The van der Waals surface area contributed by atoms with Crippen molar-refractivity contribution >= 4 is 10.0 Å². The standard InChI is InChI=1S/C16H19NO2S/c18-20(19,14-9-2-1-3-10-14)17-16-12-6-8-13-7-4-5-11-15(13)16/h1-5,7,9-11,13,15-17H,6,8,12H2. The summed E-state index contributed by atoms with van der Waals surface area (Å²) in [7, 11) is -3.42. The van der Waals surface area contributed by atoms with Crippen LogP contribution >= 0.6 is 0 Å². The van der Waals surface area contributed by atoms with E-state index in [0.29, 0.717) is 10.8 Å². The van der Waals surface area contributed by atoms with Crippen molar-refractivity contribution in [3.05, 3.63) is 54.6 Å². The fraction of sp³-hybridized carbons (Fsp3) is 0.375. The van der Waals surface area contributed by atoms with E-state index >= 15 is 0 Å². The molecule has 0 saturated heterocycles. The van der Waals surface area contributed by atoms with Gasteiger partial charge in [0.25, 0.3) is 0 Å². The largest absolute Gasteiger partial charge is 0.240 e. The molecule has 2 aliphatic carbocycles. The molecule has 4 heteroatoms. The lowest BCUT2D eigenvalue weighted by Gasteiger charge is -2.36. The summed E-state index contributed by atoms with van der Waals surface area (Å²) in [6.45, 7) is 0. The highest BCUT2D eigenvalue weighted by Crippen LogP contribution is 2.35. The van der Waals surface area contributed by atoms with E-state index in [9.17, 15) is 8.42 Å². The normalized spacial score (nSPS) is 29.1. The third kappa shape index (κ3) is 2.72. The Morgan fingerprint density at radius 2 is 1.75 bits per heavy atom. The summed E-state index contributed by atoms with van der Waals surface area (Å²) in [4.78, 5) is 0.345. The molecule has 1 N–H and O–H groups in total. The minimum atomic E-state index is -3.42. The molecule has 0 heterocycles. The molecule has 0 bridgehead atoms. The van der Waals surface area contributed by atoms with Gasteiger partial charge in [-0.25, -0.2) is 13.1 Å². The lowest BCUT2D eigenvalue weighted by atomic mass is 9.74. The Hall–Kier alpha value is -1.39. The van der Waals surface area contributed by atoms with Crippen LogP contribution in [0.2, 0.25) is 0 Å². The molecule has 3 unspecified atom stereocenters. The van der Waals surface area contributed by atoms with Crippen LogP contribution in [0.3, 0.4) is 0 Å². The maximum atomic E-state index is 12.4. The molecular weight excluding hydrogens is 270 g/mol. The predicted molar refractivity (Wildman–Crippen MR) is 79.7 cm³/mol. The van der Waals surface area contributed by atoms with E-state index in [1.165, 1.54) is 0 Å². The Kier molecular flexibility index (Phi) is 3.76. The molecular formula is C16H19NO2S. The number of allylic oxidation sites excluding steroid dienone is 3. The number of fused-ring (bicyclic) bond motifs is 1. The minimum absolute atomic E-state index is 0.000145. The first-order valence-corrected chi connectivity index (χ1v) is 8.57. The van der Waals surface area contributed by atoms with Gasteiger partial charge in [0.05, 0.1) is 4.90 Å². The first-order chi connectivity index (χ1) is 9.67. The second kappa shape index (κ2) is 5.54. The van der Waals surface area contributed by atoms with Crippen LogP contribution in [0.1, 0.15) is 19.3 Å². The molecule has 0 spiro atoms. The van der Waals surface area contributed by atoms with E-state index in [0.717, 1.165) is 19.3 Å². The van der Waals surface area contributed by atoms with Crippen LogP contribution in [0.5, 0.6) is 0 Å². The molecule has 106 valence electrons. The molecule has 1 aromatic rings. The summed E-state index contributed by atoms with van der Waals surface area (Å²) in [5.74, 6) is 0.754. The number of nitrogens with one attached hydrogen (secondary N) is 1. The van der Waals surface area contributed by atoms with E-state index in [-0.39, 0.29) is 12.0 Å². The molecule has 2 aliphatic rings. The average Bonchev–Trinajstić information content (AvgIpc) is 2.48. The van der Waals surface area contributed by atoms with Gasteiger partial charge < -0.3 is 0 Å². The second-order valence-corrected chi connectivity index (χ2v) is 7.20. The van der Waals surface area contributed by atoms with E-state index in [1.54, 1.807) is 24.3 Å². The van der Waals surface area contributed by atoms with Crippen molar-refractivity contribution in [1.29, 1.82) is 0 Å². The first kappa shape index (κ1) is 13.6. The maximum Gasteiger partial charge on any atom is 0.240 e. The monoisotopic (exact) mass is 289 g/mol. The third-order valence-electron chi connectivity index (χ3n) is 4.17. The first-order valence-electron chi connectivity index (χ1n) is 7.09. The lowest BCUT2D eigenvalue weighted by molar-refractivity contribution is 0.275. The predicted octanol–water partition coefficient (Wildman–Crippen LogP) is 2.88. The highest BCUT2D eigenvalue weighted by molar-refractivity contribution is 7.89. The van der Waals surface area contributed by atoms with Gasteiger partial charge in [-0.05, 0) is 36.8 Å². The molecule has 0 aromatic heterocycles. The second-order valence-electron chi connectivity index (χ2n) is 5.48. The molecule has 1 fully saturated rings. The van der Waals surface area contributed by atoms with Crippen LogP contribution in [0, 0.1) is 11.8 Å². The Balaban J connectivity index is 1.80. The van der Waals surface area contributed by atoms with Gasteiger partial charge in [-0.3, -0.25) is 0 Å². The van der Waals surface area contributed by atoms with Crippen LogP contribution < -0.4 is 4.72 Å². The highest BCUT2D eigenvalue weighted by atomic mass is 32.2. The topological polar surface area (TPSA) is 46.2 Å². The molecule has 0 aliphatic heterocycles. The highest BCUT2D eigenvalue weighted by Gasteiger charge is 2.33. The van der Waals surface area contributed by atoms with Crippen LogP contribution in [-0.4, -0.2) is 14.5 Å². The summed E-state index contributed by atoms with van der Waals surface area (Å²) in [6.07, 6.45) is 11.6. The van der Waals surface area contributed by atoms with Crippen molar-refractivity contribution in [1.82, 2.24) is 4.72 Å². The fourth-order valence-electron chi connectivity index (χ4n) is 3.16. The van der Waals surface area contributed by atoms with Gasteiger partial charge in [0, 0.05) is 6.04 Å². The summed E-state index contributed by atoms with van der Waals surface area (Å²) >= 11 is 0. The zero-order chi connectivity index (χ0) is 14.0. The van der Waals surface area contributed by atoms with Crippen molar-refractivity contribution < 1.29 is 8.42 Å². The van der Waals surface area contributed by atoms with Gasteiger partial charge in [0.2, 0.25) is 10.0 Å². The number of benzene rings is 1. The van der Waals surface area contributed by atoms with Crippen molar-refractivity contribution in [2.45, 2.75) is 30.2 Å². The van der Waals surface area contributed by atoms with Crippen molar-refractivity contribution in [2.75, 3.05) is 0 Å². The number of sulfonamides is 1. The third-order valence-corrected chi connectivity index (χ3v) is 5.68. The SMILES string of the molecule is O=S(=O)(NC1CCCC2C=CC=CC21)c1ccccc1. The Morgan fingerprint density at radius 3 is 2.55 bits per heavy atom. The molecule has 20 heavy (non-hydrogen) atoms. The van der Waals surface area contributed by atoms with Crippen LogP contribution in [0.25, 0.3) is 0 Å². The number of hydrogen-bond donors (Lipinski definition) is 1. The quantitative estimate of drug-likeness (QED) is 0.930. The molecule has 3 rings (SSSR count). The maximum absolute atomic E-state index is 12.4. The smallest absolute Gasteiger partial charge is 0.207 e. The number of rotatable bonds is 3. The fourth-order valence-corrected chi connectivity index (χ4v) is 4.49. The zero-order valence-corrected chi connectivity index (χ0v) is 12.1. The summed E-state index contributed by atoms with van der Waals surface area (Å²) in [5, 5.41) is 0. The Bertz CT molecular complexity index is 619. The van der Waals surface area contributed by atoms with E-state index in [1.807, 2.05) is 12.1 Å². The minimum Gasteiger partial charge on any atom is -0.207 e. The van der Waals surface area contributed by atoms with E-state index in [4.69, 9.17) is 0 Å². The average molecular weight is 289 g/mol. The van der Waals surface area contributed by atoms with Crippen molar-refractivity contribution in [2.24, 2.45) is 11.8 Å². The van der Waals surface area contributed by atoms with Crippen molar-refractivity contribution in [3.63, 3.8) is 0 Å². The molecule has 0 radical (unpaired) electrons. The summed E-state index contributed by atoms with van der Waals surface area (Å²) in [6, 6.07) is 8.60. The number of hydrogen-bond acceptors (Lipinski definition) is 2. The van der Waals surface area contributed by atoms with Gasteiger partial charge >= 0.3 is 0 Å². The van der Waals surface area contributed by atoms with Gasteiger partial charge in [-0.2, -0.15) is 0 Å². The Morgan fingerprint density at radius 1 is 1.00 bits per heavy atom. The zero-order valence-electron chi connectivity index (χ0n) is 11.3. The molecule has 1 saturated carbocycles. The summed E-state index contributed by atoms with van der Waals surface area (Å²) in [5.41, 5.74) is 0. The van der Waals surface area contributed by atoms with Gasteiger partial charge in [0.1, 0.15) is 0 Å². The van der Waals surface area contributed by atoms with E-state index in [2.05, 4.69) is 23.0 Å². The van der Waals surface area contributed by atoms with Gasteiger partial charge in [-0.15, -0.1) is 0 Å². The van der Waals surface area contributed by atoms with Crippen LogP contribution in [-0.2, 0) is 10.0 Å². The molecule has 3 atom stereocenters. The summed E-state index contributed by atoms with van der Waals surface area (Å²) < 4.78 is 27.7. The van der Waals surface area contributed by atoms with Crippen LogP contribution in [0.15, 0.2) is 59.5 Å². The van der Waals surface area contributed by atoms with Gasteiger partial charge in [0.15, 0.2) is 0 Å². The van der Waals surface area contributed by atoms with E-state index < -0.39 is 10.0 Å². The van der Waals surface area contributed by atoms with Crippen LogP contribution in [0.4, 0.5) is 0 Å². The van der Waals surface area contributed by atoms with Gasteiger partial charge in [-0.1, -0.05) is 48.9 Å². The lowest BCUT2D eigenvalue weighted by Crippen LogP contribution is -2.44.